The standard InChI is InChI=1S/C24H17Cl2FN2O3/c25-18-10-16(11-19(26)22(18)32-14-15-6-2-1-3-7-15)12-21-23(30)29(24(31)28-21)13-17-8-4-5-9-20(17)27/h1-12H,13-14H2,(H,28,31)/b21-12+. The van der Waals surface area contributed by atoms with Crippen LogP contribution in [0.15, 0.2) is 72.4 Å². The second kappa shape index (κ2) is 9.42. The summed E-state index contributed by atoms with van der Waals surface area (Å²) in [4.78, 5) is 25.9. The Morgan fingerprint density at radius 2 is 1.62 bits per heavy atom. The molecule has 3 aromatic rings. The molecule has 8 heteroatoms. The van der Waals surface area contributed by atoms with Gasteiger partial charge in [-0.05, 0) is 35.4 Å². The van der Waals surface area contributed by atoms with Gasteiger partial charge in [-0.15, -0.1) is 0 Å². The number of urea groups is 1. The van der Waals surface area contributed by atoms with Crippen molar-refractivity contribution < 1.29 is 18.7 Å². The van der Waals surface area contributed by atoms with E-state index in [1.807, 2.05) is 30.3 Å². The maximum atomic E-state index is 13.9. The lowest BCUT2D eigenvalue weighted by molar-refractivity contribution is -0.123. The van der Waals surface area contributed by atoms with Gasteiger partial charge in [-0.3, -0.25) is 9.69 Å². The second-order valence-electron chi connectivity index (χ2n) is 7.06. The number of rotatable bonds is 6. The molecule has 5 nitrogen and oxygen atoms in total. The third-order valence-electron chi connectivity index (χ3n) is 4.81. The van der Waals surface area contributed by atoms with Crippen molar-refractivity contribution in [2.24, 2.45) is 0 Å². The molecular formula is C24H17Cl2FN2O3. The predicted octanol–water partition coefficient (Wildman–Crippen LogP) is 5.80. The van der Waals surface area contributed by atoms with Gasteiger partial charge in [0.1, 0.15) is 18.1 Å². The van der Waals surface area contributed by atoms with Gasteiger partial charge in [-0.25, -0.2) is 9.18 Å². The fourth-order valence-electron chi connectivity index (χ4n) is 3.21. The third-order valence-corrected chi connectivity index (χ3v) is 5.37. The van der Waals surface area contributed by atoms with Crippen LogP contribution in [0.4, 0.5) is 9.18 Å². The quantitative estimate of drug-likeness (QED) is 0.365. The molecule has 4 rings (SSSR count). The van der Waals surface area contributed by atoms with Crippen molar-refractivity contribution in [2.45, 2.75) is 13.2 Å². The monoisotopic (exact) mass is 470 g/mol. The highest BCUT2D eigenvalue weighted by atomic mass is 35.5. The molecule has 0 spiro atoms. The summed E-state index contributed by atoms with van der Waals surface area (Å²) >= 11 is 12.7. The largest absolute Gasteiger partial charge is 0.486 e. The highest BCUT2D eigenvalue weighted by Gasteiger charge is 2.34. The maximum absolute atomic E-state index is 13.9. The smallest absolute Gasteiger partial charge is 0.329 e. The minimum Gasteiger partial charge on any atom is -0.486 e. The molecule has 3 amide bonds. The highest BCUT2D eigenvalue weighted by Crippen LogP contribution is 2.35. The van der Waals surface area contributed by atoms with Crippen molar-refractivity contribution in [2.75, 3.05) is 0 Å². The van der Waals surface area contributed by atoms with Crippen LogP contribution < -0.4 is 10.1 Å². The molecule has 0 unspecified atom stereocenters. The summed E-state index contributed by atoms with van der Waals surface area (Å²) in [6.45, 7) is 0.114. The van der Waals surface area contributed by atoms with Crippen molar-refractivity contribution in [3.8, 4) is 5.75 Å². The van der Waals surface area contributed by atoms with Crippen LogP contribution in [-0.4, -0.2) is 16.8 Å². The van der Waals surface area contributed by atoms with Gasteiger partial charge >= 0.3 is 6.03 Å². The van der Waals surface area contributed by atoms with E-state index in [1.165, 1.54) is 24.3 Å². The highest BCUT2D eigenvalue weighted by molar-refractivity contribution is 6.37. The van der Waals surface area contributed by atoms with Gasteiger partial charge < -0.3 is 10.1 Å². The Morgan fingerprint density at radius 3 is 2.31 bits per heavy atom. The summed E-state index contributed by atoms with van der Waals surface area (Å²) in [5.41, 5.74) is 1.74. The molecule has 0 atom stereocenters. The van der Waals surface area contributed by atoms with Crippen molar-refractivity contribution in [1.29, 1.82) is 0 Å². The van der Waals surface area contributed by atoms with E-state index in [4.69, 9.17) is 27.9 Å². The summed E-state index contributed by atoms with van der Waals surface area (Å²) in [6, 6.07) is 18.1. The Labute approximate surface area is 194 Å². The minimum absolute atomic E-state index is 0.0384. The van der Waals surface area contributed by atoms with Gasteiger partial charge in [-0.2, -0.15) is 0 Å². The molecule has 32 heavy (non-hydrogen) atoms. The molecule has 0 bridgehead atoms. The van der Waals surface area contributed by atoms with E-state index in [2.05, 4.69) is 5.32 Å². The van der Waals surface area contributed by atoms with Crippen molar-refractivity contribution in [1.82, 2.24) is 10.2 Å². The molecular weight excluding hydrogens is 454 g/mol. The van der Waals surface area contributed by atoms with Crippen LogP contribution >= 0.6 is 23.2 Å². The summed E-state index contributed by atoms with van der Waals surface area (Å²) in [5.74, 6) is -0.743. The first-order valence-electron chi connectivity index (χ1n) is 9.66. The number of benzene rings is 3. The number of hydrogen-bond acceptors (Lipinski definition) is 3. The molecule has 1 aliphatic rings. The van der Waals surface area contributed by atoms with Crippen LogP contribution in [0, 0.1) is 5.82 Å². The van der Waals surface area contributed by atoms with Crippen molar-refractivity contribution in [3.05, 3.63) is 105 Å². The first-order valence-corrected chi connectivity index (χ1v) is 10.4. The van der Waals surface area contributed by atoms with E-state index in [9.17, 15) is 14.0 Å². The molecule has 0 aromatic heterocycles. The topological polar surface area (TPSA) is 58.6 Å². The molecule has 0 saturated carbocycles. The van der Waals surface area contributed by atoms with Crippen LogP contribution in [0.5, 0.6) is 5.75 Å². The molecule has 1 heterocycles. The summed E-state index contributed by atoms with van der Waals surface area (Å²) in [6.07, 6.45) is 1.46. The van der Waals surface area contributed by atoms with Crippen LogP contribution in [0.25, 0.3) is 6.08 Å². The van der Waals surface area contributed by atoms with Gasteiger partial charge in [0.05, 0.1) is 16.6 Å². The molecule has 0 aliphatic carbocycles. The first-order chi connectivity index (χ1) is 15.4. The average molecular weight is 471 g/mol. The maximum Gasteiger partial charge on any atom is 0.329 e. The second-order valence-corrected chi connectivity index (χ2v) is 7.87. The normalized spacial score (nSPS) is 14.7. The third kappa shape index (κ3) is 4.77. The summed E-state index contributed by atoms with van der Waals surface area (Å²) in [5, 5.41) is 3.03. The molecule has 1 fully saturated rings. The molecule has 1 N–H and O–H groups in total. The van der Waals surface area contributed by atoms with E-state index in [0.29, 0.717) is 17.9 Å². The fourth-order valence-corrected chi connectivity index (χ4v) is 3.82. The van der Waals surface area contributed by atoms with Gasteiger partial charge in [-0.1, -0.05) is 71.7 Å². The molecule has 1 saturated heterocycles. The van der Waals surface area contributed by atoms with Crippen molar-refractivity contribution >= 4 is 41.2 Å². The number of nitrogens with zero attached hydrogens (tertiary/aromatic N) is 1. The zero-order valence-corrected chi connectivity index (χ0v) is 18.2. The van der Waals surface area contributed by atoms with Crippen LogP contribution in [0.2, 0.25) is 10.0 Å². The van der Waals surface area contributed by atoms with E-state index in [-0.39, 0.29) is 27.9 Å². The van der Waals surface area contributed by atoms with Gasteiger partial charge in [0.15, 0.2) is 5.75 Å². The van der Waals surface area contributed by atoms with Crippen molar-refractivity contribution in [3.63, 3.8) is 0 Å². The number of carbonyl (C=O) groups is 2. The molecule has 1 aliphatic heterocycles. The zero-order chi connectivity index (χ0) is 22.7. The summed E-state index contributed by atoms with van der Waals surface area (Å²) in [7, 11) is 0. The Bertz CT molecular complexity index is 1190. The lowest BCUT2D eigenvalue weighted by atomic mass is 10.1. The predicted molar refractivity (Wildman–Crippen MR) is 121 cm³/mol. The number of amides is 3. The Morgan fingerprint density at radius 1 is 0.969 bits per heavy atom. The van der Waals surface area contributed by atoms with E-state index >= 15 is 0 Å². The first kappa shape index (κ1) is 21.9. The molecule has 162 valence electrons. The number of halogens is 3. The average Bonchev–Trinajstić information content (AvgIpc) is 3.02. The van der Waals surface area contributed by atoms with Crippen LogP contribution in [-0.2, 0) is 17.9 Å². The number of carbonyl (C=O) groups excluding carboxylic acids is 2. The zero-order valence-electron chi connectivity index (χ0n) is 16.6. The van der Waals surface area contributed by atoms with E-state index < -0.39 is 17.8 Å². The number of hydrogen-bond donors (Lipinski definition) is 1. The number of imide groups is 1. The molecule has 3 aromatic carbocycles. The number of nitrogens with one attached hydrogen (secondary N) is 1. The van der Waals surface area contributed by atoms with Gasteiger partial charge in [0.2, 0.25) is 0 Å². The van der Waals surface area contributed by atoms with Crippen LogP contribution in [0.1, 0.15) is 16.7 Å². The van der Waals surface area contributed by atoms with E-state index in [1.54, 1.807) is 18.2 Å². The van der Waals surface area contributed by atoms with Gasteiger partial charge in [0, 0.05) is 5.56 Å². The van der Waals surface area contributed by atoms with Crippen LogP contribution in [0.3, 0.4) is 0 Å². The summed E-state index contributed by atoms with van der Waals surface area (Å²) < 4.78 is 19.7. The Kier molecular flexibility index (Phi) is 6.44. The van der Waals surface area contributed by atoms with E-state index in [0.717, 1.165) is 10.5 Å². The fraction of sp³-hybridized carbons (Fsp3) is 0.0833. The Hall–Kier alpha value is -3.35. The van der Waals surface area contributed by atoms with Gasteiger partial charge in [0.25, 0.3) is 5.91 Å². The molecule has 0 radical (unpaired) electrons. The lowest BCUT2D eigenvalue weighted by Crippen LogP contribution is -2.30. The lowest BCUT2D eigenvalue weighted by Gasteiger charge is -2.12. The minimum atomic E-state index is -0.635. The Balaban J connectivity index is 1.51. The SMILES string of the molecule is O=C1N/C(=C/c2cc(Cl)c(OCc3ccccc3)c(Cl)c2)C(=O)N1Cc1ccccc1F. The number of ether oxygens (including phenoxy) is 1.